The van der Waals surface area contributed by atoms with E-state index in [9.17, 15) is 9.59 Å². The Labute approximate surface area is 149 Å². The van der Waals surface area contributed by atoms with Gasteiger partial charge in [-0.1, -0.05) is 62.6 Å². The van der Waals surface area contributed by atoms with Crippen LogP contribution in [0.5, 0.6) is 5.75 Å². The van der Waals surface area contributed by atoms with Crippen LogP contribution in [-0.2, 0) is 4.79 Å². The summed E-state index contributed by atoms with van der Waals surface area (Å²) in [7, 11) is 0. The number of ether oxygens (including phenoxy) is 1. The molecule has 25 heavy (non-hydrogen) atoms. The second kappa shape index (κ2) is 10.2. The van der Waals surface area contributed by atoms with E-state index in [4.69, 9.17) is 4.74 Å². The molecule has 2 aromatic carbocycles. The summed E-state index contributed by atoms with van der Waals surface area (Å²) in [5.74, 6) is 0.249. The van der Waals surface area contributed by atoms with Gasteiger partial charge in [-0.15, -0.1) is 0 Å². The molecule has 0 spiro atoms. The fourth-order valence-electron chi connectivity index (χ4n) is 2.39. The largest absolute Gasteiger partial charge is 0.423 e. The highest BCUT2D eigenvalue weighted by Gasteiger charge is 2.07. The first-order valence-corrected chi connectivity index (χ1v) is 8.77. The second-order valence-corrected chi connectivity index (χ2v) is 5.93. The van der Waals surface area contributed by atoms with Gasteiger partial charge in [0.05, 0.1) is 5.56 Å². The van der Waals surface area contributed by atoms with Crippen molar-refractivity contribution < 1.29 is 14.3 Å². The zero-order valence-corrected chi connectivity index (χ0v) is 14.6. The van der Waals surface area contributed by atoms with Crippen molar-refractivity contribution in [1.82, 2.24) is 0 Å². The van der Waals surface area contributed by atoms with Crippen LogP contribution in [0, 0.1) is 0 Å². The Bertz CT molecular complexity index is 700. The van der Waals surface area contributed by atoms with Gasteiger partial charge in [-0.25, -0.2) is 4.79 Å². The van der Waals surface area contributed by atoms with Crippen LogP contribution in [0.25, 0.3) is 6.08 Å². The molecule has 3 nitrogen and oxygen atoms in total. The Morgan fingerprint density at radius 3 is 2.32 bits per heavy atom. The molecule has 0 heterocycles. The van der Waals surface area contributed by atoms with E-state index >= 15 is 0 Å². The van der Waals surface area contributed by atoms with Crippen molar-refractivity contribution in [1.29, 1.82) is 0 Å². The molecule has 0 aromatic heterocycles. The van der Waals surface area contributed by atoms with Gasteiger partial charge in [0, 0.05) is 6.42 Å². The zero-order valence-electron chi connectivity index (χ0n) is 14.6. The molecule has 0 atom stereocenters. The molecule has 130 valence electrons. The third kappa shape index (κ3) is 6.76. The van der Waals surface area contributed by atoms with Crippen molar-refractivity contribution >= 4 is 17.8 Å². The summed E-state index contributed by atoms with van der Waals surface area (Å²) in [4.78, 5) is 23.8. The van der Waals surface area contributed by atoms with E-state index in [-0.39, 0.29) is 11.8 Å². The lowest BCUT2D eigenvalue weighted by Crippen LogP contribution is -2.07. The van der Waals surface area contributed by atoms with Crippen LogP contribution in [-0.4, -0.2) is 11.8 Å². The van der Waals surface area contributed by atoms with Gasteiger partial charge in [-0.05, 0) is 42.3 Å². The lowest BCUT2D eigenvalue weighted by molar-refractivity contribution is -0.114. The molecule has 0 amide bonds. The maximum absolute atomic E-state index is 12.0. The molecule has 0 fully saturated rings. The second-order valence-electron chi connectivity index (χ2n) is 5.93. The lowest BCUT2D eigenvalue weighted by atomic mass is 10.1. The fourth-order valence-corrected chi connectivity index (χ4v) is 2.39. The van der Waals surface area contributed by atoms with Crippen LogP contribution in [0.3, 0.4) is 0 Å². The summed E-state index contributed by atoms with van der Waals surface area (Å²) in [6.45, 7) is 2.16. The van der Waals surface area contributed by atoms with Gasteiger partial charge in [0.25, 0.3) is 0 Å². The Balaban J connectivity index is 1.84. The van der Waals surface area contributed by atoms with Crippen molar-refractivity contribution in [3.8, 4) is 5.75 Å². The van der Waals surface area contributed by atoms with E-state index in [2.05, 4.69) is 6.92 Å². The molecule has 0 unspecified atom stereocenters. The summed E-state index contributed by atoms with van der Waals surface area (Å²) in [5.41, 5.74) is 1.42. The first-order valence-electron chi connectivity index (χ1n) is 8.77. The maximum Gasteiger partial charge on any atom is 0.343 e. The molecule has 3 heteroatoms. The minimum atomic E-state index is -0.383. The molecule has 0 saturated heterocycles. The summed E-state index contributed by atoms with van der Waals surface area (Å²) in [5, 5.41) is 0. The SMILES string of the molecule is CCCCCCC(=O)C=Cc1ccc(OC(=O)c2ccccc2)cc1. The summed E-state index contributed by atoms with van der Waals surface area (Å²) >= 11 is 0. The van der Waals surface area contributed by atoms with Crippen LogP contribution >= 0.6 is 0 Å². The van der Waals surface area contributed by atoms with Crippen LogP contribution in [0.4, 0.5) is 0 Å². The number of carbonyl (C=O) groups excluding carboxylic acids is 2. The number of unbranched alkanes of at least 4 members (excludes halogenated alkanes) is 3. The number of esters is 1. The van der Waals surface area contributed by atoms with Gasteiger partial charge in [-0.3, -0.25) is 4.79 Å². The quantitative estimate of drug-likeness (QED) is 0.264. The molecule has 2 rings (SSSR count). The minimum absolute atomic E-state index is 0.149. The number of ketones is 1. The highest BCUT2D eigenvalue weighted by atomic mass is 16.5. The molecule has 0 saturated carbocycles. The van der Waals surface area contributed by atoms with Crippen molar-refractivity contribution in [3.63, 3.8) is 0 Å². The summed E-state index contributed by atoms with van der Waals surface area (Å²) in [6.07, 6.45) is 8.43. The van der Waals surface area contributed by atoms with Crippen molar-refractivity contribution in [2.45, 2.75) is 39.0 Å². The Morgan fingerprint density at radius 1 is 0.920 bits per heavy atom. The van der Waals surface area contributed by atoms with Gasteiger partial charge in [0.15, 0.2) is 5.78 Å². The average molecular weight is 336 g/mol. The van der Waals surface area contributed by atoms with Crippen LogP contribution in [0.1, 0.15) is 54.9 Å². The number of rotatable bonds is 9. The van der Waals surface area contributed by atoms with E-state index in [0.29, 0.717) is 17.7 Å². The number of hydrogen-bond donors (Lipinski definition) is 0. The van der Waals surface area contributed by atoms with E-state index < -0.39 is 0 Å². The van der Waals surface area contributed by atoms with Gasteiger partial charge in [-0.2, -0.15) is 0 Å². The fraction of sp³-hybridized carbons (Fsp3) is 0.273. The summed E-state index contributed by atoms with van der Waals surface area (Å²) < 4.78 is 5.33. The van der Waals surface area contributed by atoms with Crippen LogP contribution in [0.15, 0.2) is 60.7 Å². The number of carbonyl (C=O) groups is 2. The average Bonchev–Trinajstić information content (AvgIpc) is 2.65. The molecule has 2 aromatic rings. The molecule has 0 aliphatic heterocycles. The normalized spacial score (nSPS) is 10.8. The molecule has 0 aliphatic carbocycles. The minimum Gasteiger partial charge on any atom is -0.423 e. The number of hydrogen-bond acceptors (Lipinski definition) is 3. The molecular formula is C22H24O3. The Morgan fingerprint density at radius 2 is 1.64 bits per heavy atom. The number of benzene rings is 2. The zero-order chi connectivity index (χ0) is 17.9. The smallest absolute Gasteiger partial charge is 0.343 e. The highest BCUT2D eigenvalue weighted by molar-refractivity contribution is 5.93. The van der Waals surface area contributed by atoms with Crippen molar-refractivity contribution in [3.05, 3.63) is 71.8 Å². The van der Waals surface area contributed by atoms with Gasteiger partial charge in [0.1, 0.15) is 5.75 Å². The molecule has 0 bridgehead atoms. The molecule has 0 N–H and O–H groups in total. The lowest BCUT2D eigenvalue weighted by Gasteiger charge is -2.04. The third-order valence-corrected chi connectivity index (χ3v) is 3.84. The highest BCUT2D eigenvalue weighted by Crippen LogP contribution is 2.15. The van der Waals surface area contributed by atoms with Gasteiger partial charge in [0.2, 0.25) is 0 Å². The van der Waals surface area contributed by atoms with E-state index in [0.717, 1.165) is 18.4 Å². The summed E-state index contributed by atoms with van der Waals surface area (Å²) in [6, 6.07) is 16.0. The first-order chi connectivity index (χ1) is 12.2. The Hall–Kier alpha value is -2.68. The third-order valence-electron chi connectivity index (χ3n) is 3.84. The van der Waals surface area contributed by atoms with E-state index in [1.54, 1.807) is 48.6 Å². The van der Waals surface area contributed by atoms with Gasteiger partial charge < -0.3 is 4.74 Å². The predicted octanol–water partition coefficient (Wildman–Crippen LogP) is 5.46. The van der Waals surface area contributed by atoms with Crippen molar-refractivity contribution in [2.75, 3.05) is 0 Å². The van der Waals surface area contributed by atoms with Crippen LogP contribution in [0.2, 0.25) is 0 Å². The first kappa shape index (κ1) is 18.7. The van der Waals surface area contributed by atoms with E-state index in [1.807, 2.05) is 18.2 Å². The van der Waals surface area contributed by atoms with E-state index in [1.165, 1.54) is 12.8 Å². The van der Waals surface area contributed by atoms with Gasteiger partial charge >= 0.3 is 5.97 Å². The molecular weight excluding hydrogens is 312 g/mol. The van der Waals surface area contributed by atoms with Crippen molar-refractivity contribution in [2.24, 2.45) is 0 Å². The standard InChI is InChI=1S/C22H24O3/c1-2-3-4-8-11-20(23)15-12-18-13-16-21(17-14-18)25-22(24)19-9-6-5-7-10-19/h5-7,9-10,12-17H,2-4,8,11H2,1H3. The molecule has 0 aliphatic rings. The monoisotopic (exact) mass is 336 g/mol. The number of allylic oxidation sites excluding steroid dienone is 1. The predicted molar refractivity (Wildman–Crippen MR) is 101 cm³/mol. The molecule has 0 radical (unpaired) electrons. The topological polar surface area (TPSA) is 43.4 Å². The Kier molecular flexibility index (Phi) is 7.64. The maximum atomic E-state index is 12.0. The van der Waals surface area contributed by atoms with Crippen LogP contribution < -0.4 is 4.74 Å².